The predicted octanol–water partition coefficient (Wildman–Crippen LogP) is 3.46. The van der Waals surface area contributed by atoms with Gasteiger partial charge in [0.2, 0.25) is 0 Å². The molecule has 7 nitrogen and oxygen atoms in total. The molecule has 0 fully saturated rings. The van der Waals surface area contributed by atoms with Crippen LogP contribution in [0, 0.1) is 10.1 Å². The minimum absolute atomic E-state index is 0.0289. The summed E-state index contributed by atoms with van der Waals surface area (Å²) in [5.74, 6) is -1.16. The average Bonchev–Trinajstić information content (AvgIpc) is 2.58. The summed E-state index contributed by atoms with van der Waals surface area (Å²) in [4.78, 5) is 36.4. The Hall–Kier alpha value is -2.74. The van der Waals surface area contributed by atoms with Crippen LogP contribution < -0.4 is 4.90 Å². The summed E-state index contributed by atoms with van der Waals surface area (Å²) < 4.78 is 5.79. The number of anilines is 1. The fraction of sp³-hybridized carbons (Fsp3) is 0.176. The van der Waals surface area contributed by atoms with E-state index in [2.05, 4.69) is 15.9 Å². The molecular weight excluding hydrogens is 392 g/mol. The smallest absolute Gasteiger partial charge is 0.340 e. The standard InChI is InChI=1S/C17H15BrN2O5/c1-19(2)15-7-6-13(20(23)24)9-14(15)17(22)25-10-16(21)11-4-3-5-12(18)8-11/h3-9H,10H2,1-2H3. The molecule has 0 saturated carbocycles. The van der Waals surface area contributed by atoms with Gasteiger partial charge in [0, 0.05) is 36.3 Å². The van der Waals surface area contributed by atoms with Crippen molar-refractivity contribution in [3.8, 4) is 0 Å². The van der Waals surface area contributed by atoms with E-state index in [1.54, 1.807) is 43.3 Å². The van der Waals surface area contributed by atoms with Gasteiger partial charge in [0.1, 0.15) is 0 Å². The topological polar surface area (TPSA) is 89.8 Å². The van der Waals surface area contributed by atoms with Crippen LogP contribution in [0.2, 0.25) is 0 Å². The van der Waals surface area contributed by atoms with Gasteiger partial charge in [0.15, 0.2) is 12.4 Å². The van der Waals surface area contributed by atoms with E-state index in [4.69, 9.17) is 4.74 Å². The Morgan fingerprint density at radius 3 is 2.52 bits per heavy atom. The Morgan fingerprint density at radius 1 is 1.20 bits per heavy atom. The molecule has 0 spiro atoms. The lowest BCUT2D eigenvalue weighted by Crippen LogP contribution is -2.18. The second-order valence-electron chi connectivity index (χ2n) is 5.36. The van der Waals surface area contributed by atoms with E-state index >= 15 is 0 Å². The SMILES string of the molecule is CN(C)c1ccc([N+](=O)[O-])cc1C(=O)OCC(=O)c1cccc(Br)c1. The summed E-state index contributed by atoms with van der Waals surface area (Å²) in [6.07, 6.45) is 0. The normalized spacial score (nSPS) is 10.2. The molecule has 25 heavy (non-hydrogen) atoms. The van der Waals surface area contributed by atoms with Gasteiger partial charge in [-0.3, -0.25) is 14.9 Å². The van der Waals surface area contributed by atoms with Gasteiger partial charge in [-0.05, 0) is 18.2 Å². The van der Waals surface area contributed by atoms with Crippen molar-refractivity contribution in [3.05, 3.63) is 68.2 Å². The maximum absolute atomic E-state index is 12.3. The van der Waals surface area contributed by atoms with Crippen LogP contribution in [0.4, 0.5) is 11.4 Å². The number of benzene rings is 2. The van der Waals surface area contributed by atoms with Gasteiger partial charge in [0.05, 0.1) is 16.2 Å². The Morgan fingerprint density at radius 2 is 1.92 bits per heavy atom. The predicted molar refractivity (Wildman–Crippen MR) is 96.2 cm³/mol. The molecule has 0 N–H and O–H groups in total. The van der Waals surface area contributed by atoms with Crippen molar-refractivity contribution in [2.75, 3.05) is 25.6 Å². The molecule has 130 valence electrons. The van der Waals surface area contributed by atoms with Crippen LogP contribution in [0.3, 0.4) is 0 Å². The molecule has 0 aliphatic carbocycles. The quantitative estimate of drug-likeness (QED) is 0.315. The highest BCUT2D eigenvalue weighted by molar-refractivity contribution is 9.10. The summed E-state index contributed by atoms with van der Waals surface area (Å²) in [5.41, 5.74) is 0.664. The molecule has 0 aromatic heterocycles. The first-order chi connectivity index (χ1) is 11.8. The Bertz CT molecular complexity index is 836. The number of hydrogen-bond donors (Lipinski definition) is 0. The third kappa shape index (κ3) is 4.63. The summed E-state index contributed by atoms with van der Waals surface area (Å²) in [5, 5.41) is 10.9. The van der Waals surface area contributed by atoms with Crippen LogP contribution in [0.1, 0.15) is 20.7 Å². The van der Waals surface area contributed by atoms with Gasteiger partial charge < -0.3 is 9.64 Å². The number of ether oxygens (including phenoxy) is 1. The zero-order chi connectivity index (χ0) is 18.6. The van der Waals surface area contributed by atoms with Gasteiger partial charge in [-0.15, -0.1) is 0 Å². The van der Waals surface area contributed by atoms with Crippen LogP contribution in [-0.2, 0) is 4.74 Å². The van der Waals surface area contributed by atoms with E-state index in [1.165, 1.54) is 12.1 Å². The monoisotopic (exact) mass is 406 g/mol. The maximum Gasteiger partial charge on any atom is 0.340 e. The van der Waals surface area contributed by atoms with Gasteiger partial charge in [0.25, 0.3) is 5.69 Å². The van der Waals surface area contributed by atoms with E-state index in [0.29, 0.717) is 11.3 Å². The van der Waals surface area contributed by atoms with Crippen LogP contribution in [0.25, 0.3) is 0 Å². The number of esters is 1. The molecule has 0 aliphatic heterocycles. The molecule has 0 aliphatic rings. The highest BCUT2D eigenvalue weighted by Gasteiger charge is 2.20. The Balaban J connectivity index is 2.18. The molecule has 8 heteroatoms. The minimum atomic E-state index is -0.796. The fourth-order valence-corrected chi connectivity index (χ4v) is 2.54. The van der Waals surface area contributed by atoms with E-state index in [0.717, 1.165) is 10.5 Å². The molecule has 0 amide bonds. The third-order valence-electron chi connectivity index (χ3n) is 3.37. The lowest BCUT2D eigenvalue weighted by Gasteiger charge is -2.16. The number of nitro benzene ring substituents is 1. The maximum atomic E-state index is 12.3. The van der Waals surface area contributed by atoms with Gasteiger partial charge in [-0.1, -0.05) is 28.1 Å². The van der Waals surface area contributed by atoms with Crippen molar-refractivity contribution < 1.29 is 19.2 Å². The molecule has 2 aromatic carbocycles. The summed E-state index contributed by atoms with van der Waals surface area (Å²) >= 11 is 3.26. The van der Waals surface area contributed by atoms with Crippen LogP contribution in [0.5, 0.6) is 0 Å². The number of hydrogen-bond acceptors (Lipinski definition) is 6. The number of rotatable bonds is 6. The molecule has 2 rings (SSSR count). The molecule has 0 saturated heterocycles. The second kappa shape index (κ2) is 7.89. The molecule has 2 aromatic rings. The summed E-state index contributed by atoms with van der Waals surface area (Å²) in [7, 11) is 3.40. The van der Waals surface area contributed by atoms with Gasteiger partial charge in [-0.2, -0.15) is 0 Å². The van der Waals surface area contributed by atoms with Crippen molar-refractivity contribution in [3.63, 3.8) is 0 Å². The second-order valence-corrected chi connectivity index (χ2v) is 6.28. The zero-order valence-electron chi connectivity index (χ0n) is 13.6. The third-order valence-corrected chi connectivity index (χ3v) is 3.87. The van der Waals surface area contributed by atoms with E-state index in [-0.39, 0.29) is 17.0 Å². The summed E-state index contributed by atoms with van der Waals surface area (Å²) in [6, 6.07) is 10.6. The Kier molecular flexibility index (Phi) is 5.87. The van der Waals surface area contributed by atoms with E-state index in [1.807, 2.05) is 0 Å². The van der Waals surface area contributed by atoms with Crippen molar-refractivity contribution >= 4 is 39.1 Å². The Labute approximate surface area is 152 Å². The highest BCUT2D eigenvalue weighted by atomic mass is 79.9. The number of carbonyl (C=O) groups excluding carboxylic acids is 2. The lowest BCUT2D eigenvalue weighted by molar-refractivity contribution is -0.384. The number of halogens is 1. The van der Waals surface area contributed by atoms with Gasteiger partial charge in [-0.25, -0.2) is 4.79 Å². The minimum Gasteiger partial charge on any atom is -0.454 e. The van der Waals surface area contributed by atoms with Gasteiger partial charge >= 0.3 is 5.97 Å². The molecule has 0 radical (unpaired) electrons. The molecule has 0 atom stereocenters. The largest absolute Gasteiger partial charge is 0.454 e. The number of nitrogens with zero attached hydrogens (tertiary/aromatic N) is 2. The fourth-order valence-electron chi connectivity index (χ4n) is 2.15. The van der Waals surface area contributed by atoms with E-state index in [9.17, 15) is 19.7 Å². The number of ketones is 1. The number of carbonyl (C=O) groups is 2. The van der Waals surface area contributed by atoms with Crippen LogP contribution in [0.15, 0.2) is 46.9 Å². The summed E-state index contributed by atoms with van der Waals surface area (Å²) in [6.45, 7) is -0.454. The molecule has 0 bridgehead atoms. The lowest BCUT2D eigenvalue weighted by atomic mass is 10.1. The molecule has 0 unspecified atom stereocenters. The number of Topliss-reactive ketones (excluding diaryl/α,β-unsaturated/α-hetero) is 1. The first kappa shape index (κ1) is 18.6. The number of nitro groups is 1. The van der Waals surface area contributed by atoms with Crippen LogP contribution >= 0.6 is 15.9 Å². The van der Waals surface area contributed by atoms with E-state index < -0.39 is 17.5 Å². The van der Waals surface area contributed by atoms with Crippen molar-refractivity contribution in [1.82, 2.24) is 0 Å². The van der Waals surface area contributed by atoms with Crippen molar-refractivity contribution in [2.45, 2.75) is 0 Å². The van der Waals surface area contributed by atoms with Crippen molar-refractivity contribution in [1.29, 1.82) is 0 Å². The highest BCUT2D eigenvalue weighted by Crippen LogP contribution is 2.25. The average molecular weight is 407 g/mol. The first-order valence-electron chi connectivity index (χ1n) is 7.21. The molecular formula is C17H15BrN2O5. The zero-order valence-corrected chi connectivity index (χ0v) is 15.1. The van der Waals surface area contributed by atoms with Crippen molar-refractivity contribution in [2.24, 2.45) is 0 Å². The van der Waals surface area contributed by atoms with Crippen LogP contribution in [-0.4, -0.2) is 37.4 Å². The first-order valence-corrected chi connectivity index (χ1v) is 8.00. The number of non-ortho nitro benzene ring substituents is 1. The molecule has 0 heterocycles.